The lowest BCUT2D eigenvalue weighted by atomic mass is 9.96. The van der Waals surface area contributed by atoms with Gasteiger partial charge in [-0.3, -0.25) is 0 Å². The first-order chi connectivity index (χ1) is 27.2. The lowest BCUT2D eigenvalue weighted by Crippen LogP contribution is -2.01. The quantitative estimate of drug-likeness (QED) is 0.179. The number of fused-ring (bicyclic) bond motifs is 7. The minimum absolute atomic E-state index is 0.596. The largest absolute Gasteiger partial charge is 0.455 e. The summed E-state index contributed by atoms with van der Waals surface area (Å²) in [6, 6.07) is 65.8. The first-order valence-corrected chi connectivity index (χ1v) is 18.5. The summed E-state index contributed by atoms with van der Waals surface area (Å²) in [6.07, 6.45) is 0. The van der Waals surface area contributed by atoms with Gasteiger partial charge in [0, 0.05) is 32.8 Å². The van der Waals surface area contributed by atoms with Crippen LogP contribution in [-0.4, -0.2) is 15.0 Å². The lowest BCUT2D eigenvalue weighted by molar-refractivity contribution is 0.672. The standard InChI is InChI=1S/C51H31N3O/c1-3-11-32(12-4-1)36-20-21-38-29-42(26-23-37(38)27-36)50-52-49(41-25-19-34-15-7-8-16-35(34)28-41)53-51(54-50)45-31-40-24-22-39(33-13-5-2-6-14-33)30-44(40)48-47(45)43-17-9-10-18-46(43)55-48/h1-31H. The van der Waals surface area contributed by atoms with Crippen molar-refractivity contribution >= 4 is 54.3 Å². The Hall–Kier alpha value is -7.43. The topological polar surface area (TPSA) is 51.8 Å². The second-order valence-electron chi connectivity index (χ2n) is 14.0. The third kappa shape index (κ3) is 5.43. The minimum Gasteiger partial charge on any atom is -0.455 e. The Labute approximate surface area is 317 Å². The van der Waals surface area contributed by atoms with Gasteiger partial charge in [0.1, 0.15) is 11.2 Å². The van der Waals surface area contributed by atoms with Crippen molar-refractivity contribution in [1.29, 1.82) is 0 Å². The predicted octanol–water partition coefficient (Wildman–Crippen LogP) is 13.6. The zero-order valence-electron chi connectivity index (χ0n) is 29.6. The molecule has 256 valence electrons. The van der Waals surface area contributed by atoms with E-state index in [2.05, 4.69) is 164 Å². The van der Waals surface area contributed by atoms with Gasteiger partial charge in [-0.25, -0.2) is 15.0 Å². The average molecular weight is 702 g/mol. The van der Waals surface area contributed by atoms with Crippen LogP contribution in [0.15, 0.2) is 192 Å². The normalized spacial score (nSPS) is 11.6. The van der Waals surface area contributed by atoms with Crippen LogP contribution in [0.1, 0.15) is 0 Å². The summed E-state index contributed by atoms with van der Waals surface area (Å²) >= 11 is 0. The molecule has 55 heavy (non-hydrogen) atoms. The number of para-hydroxylation sites is 1. The fraction of sp³-hybridized carbons (Fsp3) is 0. The Bertz CT molecular complexity index is 3260. The van der Waals surface area contributed by atoms with Crippen molar-refractivity contribution in [1.82, 2.24) is 15.0 Å². The summed E-state index contributed by atoms with van der Waals surface area (Å²) in [5.74, 6) is 1.83. The highest BCUT2D eigenvalue weighted by Crippen LogP contribution is 2.42. The number of furan rings is 1. The van der Waals surface area contributed by atoms with Crippen LogP contribution < -0.4 is 0 Å². The Morgan fingerprint density at radius 1 is 0.309 bits per heavy atom. The van der Waals surface area contributed by atoms with E-state index in [-0.39, 0.29) is 0 Å². The van der Waals surface area contributed by atoms with Crippen molar-refractivity contribution in [3.8, 4) is 56.4 Å². The molecule has 0 fully saturated rings. The second-order valence-corrected chi connectivity index (χ2v) is 14.0. The highest BCUT2D eigenvalue weighted by Gasteiger charge is 2.21. The third-order valence-corrected chi connectivity index (χ3v) is 10.7. The monoisotopic (exact) mass is 701 g/mol. The van der Waals surface area contributed by atoms with Crippen molar-refractivity contribution in [2.45, 2.75) is 0 Å². The molecule has 0 saturated heterocycles. The Kier molecular flexibility index (Phi) is 7.14. The zero-order chi connectivity index (χ0) is 36.3. The molecule has 4 heteroatoms. The van der Waals surface area contributed by atoms with Crippen LogP contribution in [0.2, 0.25) is 0 Å². The molecule has 0 atom stereocenters. The molecular formula is C51H31N3O. The van der Waals surface area contributed by atoms with E-state index in [9.17, 15) is 0 Å². The molecule has 0 aliphatic heterocycles. The smallest absolute Gasteiger partial charge is 0.164 e. The molecule has 2 aromatic heterocycles. The summed E-state index contributed by atoms with van der Waals surface area (Å²) in [4.78, 5) is 15.7. The van der Waals surface area contributed by atoms with Gasteiger partial charge in [-0.05, 0) is 85.6 Å². The molecule has 0 N–H and O–H groups in total. The molecular weight excluding hydrogens is 671 g/mol. The van der Waals surface area contributed by atoms with E-state index in [4.69, 9.17) is 19.4 Å². The summed E-state index contributed by atoms with van der Waals surface area (Å²) < 4.78 is 6.72. The van der Waals surface area contributed by atoms with Gasteiger partial charge in [0.2, 0.25) is 0 Å². The number of nitrogens with zero attached hydrogens (tertiary/aromatic N) is 3. The van der Waals surface area contributed by atoms with E-state index in [1.807, 2.05) is 24.3 Å². The first-order valence-electron chi connectivity index (χ1n) is 18.5. The number of hydrogen-bond acceptors (Lipinski definition) is 4. The van der Waals surface area contributed by atoms with E-state index in [0.29, 0.717) is 17.5 Å². The lowest BCUT2D eigenvalue weighted by Gasteiger charge is -2.12. The molecule has 11 rings (SSSR count). The van der Waals surface area contributed by atoms with Gasteiger partial charge in [-0.2, -0.15) is 0 Å². The van der Waals surface area contributed by atoms with Crippen molar-refractivity contribution in [2.24, 2.45) is 0 Å². The molecule has 0 spiro atoms. The van der Waals surface area contributed by atoms with Crippen molar-refractivity contribution in [2.75, 3.05) is 0 Å². The van der Waals surface area contributed by atoms with Gasteiger partial charge in [0.25, 0.3) is 0 Å². The summed E-state index contributed by atoms with van der Waals surface area (Å²) in [5, 5.41) is 8.68. The van der Waals surface area contributed by atoms with Gasteiger partial charge >= 0.3 is 0 Å². The third-order valence-electron chi connectivity index (χ3n) is 10.7. The van der Waals surface area contributed by atoms with Crippen LogP contribution in [0.25, 0.3) is 111 Å². The fourth-order valence-electron chi connectivity index (χ4n) is 7.87. The van der Waals surface area contributed by atoms with E-state index in [1.165, 1.54) is 16.5 Å². The Morgan fingerprint density at radius 3 is 1.49 bits per heavy atom. The molecule has 0 amide bonds. The molecule has 11 aromatic rings. The molecule has 9 aromatic carbocycles. The molecule has 2 heterocycles. The van der Waals surface area contributed by atoms with Gasteiger partial charge in [0.05, 0.1) is 0 Å². The Morgan fingerprint density at radius 2 is 0.800 bits per heavy atom. The van der Waals surface area contributed by atoms with Gasteiger partial charge in [-0.15, -0.1) is 0 Å². The Balaban J connectivity index is 1.14. The van der Waals surface area contributed by atoms with Crippen LogP contribution in [0.3, 0.4) is 0 Å². The molecule has 4 nitrogen and oxygen atoms in total. The van der Waals surface area contributed by atoms with Gasteiger partial charge < -0.3 is 4.42 Å². The van der Waals surface area contributed by atoms with E-state index in [1.54, 1.807) is 0 Å². The highest BCUT2D eigenvalue weighted by molar-refractivity contribution is 6.21. The summed E-state index contributed by atoms with van der Waals surface area (Å²) in [7, 11) is 0. The van der Waals surface area contributed by atoms with E-state index >= 15 is 0 Å². The SMILES string of the molecule is c1ccc(-c2ccc3cc(-c4nc(-c5ccc6ccccc6c5)nc(-c5cc6ccc(-c7ccccc7)cc6c6oc7ccccc7c56)n4)ccc3c2)cc1. The number of aromatic nitrogens is 3. The van der Waals surface area contributed by atoms with Crippen molar-refractivity contribution < 1.29 is 4.42 Å². The zero-order valence-corrected chi connectivity index (χ0v) is 29.6. The number of rotatable bonds is 5. The number of hydrogen-bond donors (Lipinski definition) is 0. The average Bonchev–Trinajstić information content (AvgIpc) is 3.66. The van der Waals surface area contributed by atoms with Crippen LogP contribution in [0, 0.1) is 0 Å². The second kappa shape index (κ2) is 12.6. The molecule has 0 saturated carbocycles. The van der Waals surface area contributed by atoms with Crippen LogP contribution in [0.5, 0.6) is 0 Å². The highest BCUT2D eigenvalue weighted by atomic mass is 16.3. The molecule has 0 unspecified atom stereocenters. The van der Waals surface area contributed by atoms with Gasteiger partial charge in [0.15, 0.2) is 17.5 Å². The molecule has 0 bridgehead atoms. The predicted molar refractivity (Wildman–Crippen MR) is 227 cm³/mol. The van der Waals surface area contributed by atoms with Crippen molar-refractivity contribution in [3.63, 3.8) is 0 Å². The van der Waals surface area contributed by atoms with E-state index < -0.39 is 0 Å². The maximum Gasteiger partial charge on any atom is 0.164 e. The van der Waals surface area contributed by atoms with Gasteiger partial charge in [-0.1, -0.05) is 152 Å². The summed E-state index contributed by atoms with van der Waals surface area (Å²) in [6.45, 7) is 0. The fourth-order valence-corrected chi connectivity index (χ4v) is 7.87. The maximum atomic E-state index is 6.72. The van der Waals surface area contributed by atoms with Crippen LogP contribution in [0.4, 0.5) is 0 Å². The first kappa shape index (κ1) is 31.1. The maximum absolute atomic E-state index is 6.72. The van der Waals surface area contributed by atoms with Crippen LogP contribution >= 0.6 is 0 Å². The summed E-state index contributed by atoms with van der Waals surface area (Å²) in [5.41, 5.74) is 9.07. The van der Waals surface area contributed by atoms with E-state index in [0.717, 1.165) is 76.7 Å². The minimum atomic E-state index is 0.596. The molecule has 0 aliphatic rings. The van der Waals surface area contributed by atoms with Crippen molar-refractivity contribution in [3.05, 3.63) is 188 Å². The molecule has 0 aliphatic carbocycles. The van der Waals surface area contributed by atoms with Crippen LogP contribution in [-0.2, 0) is 0 Å². The number of benzene rings is 9. The molecule has 0 radical (unpaired) electrons.